The maximum absolute atomic E-state index is 5.72. The van der Waals surface area contributed by atoms with E-state index in [1.807, 2.05) is 30.3 Å². The van der Waals surface area contributed by atoms with Gasteiger partial charge in [0.2, 0.25) is 0 Å². The number of H-pyrrole nitrogens is 1. The number of hydrogen-bond acceptors (Lipinski definition) is 5. The Hall–Kier alpha value is -2.21. The van der Waals surface area contributed by atoms with Gasteiger partial charge in [0.1, 0.15) is 0 Å². The fraction of sp³-hybridized carbons (Fsp3) is 0.294. The Balaban J connectivity index is 1.76. The average molecular weight is 329 g/mol. The summed E-state index contributed by atoms with van der Waals surface area (Å²) in [5.41, 5.74) is 2.86. The summed E-state index contributed by atoms with van der Waals surface area (Å²) in [6.45, 7) is 2.74. The molecule has 2 aromatic heterocycles. The number of benzene rings is 1. The molecule has 0 aliphatic rings. The molecule has 1 N–H and O–H groups in total. The van der Waals surface area contributed by atoms with Crippen LogP contribution in [-0.4, -0.2) is 28.7 Å². The summed E-state index contributed by atoms with van der Waals surface area (Å²) < 4.78 is 11.2. The van der Waals surface area contributed by atoms with Crippen LogP contribution in [0.3, 0.4) is 0 Å². The van der Waals surface area contributed by atoms with E-state index < -0.39 is 0 Å². The Labute approximate surface area is 139 Å². The van der Waals surface area contributed by atoms with Gasteiger partial charge in [0, 0.05) is 18.0 Å². The Kier molecular flexibility index (Phi) is 5.02. The van der Waals surface area contributed by atoms with Crippen LogP contribution in [-0.2, 0) is 5.75 Å². The van der Waals surface area contributed by atoms with Gasteiger partial charge < -0.3 is 14.5 Å². The van der Waals surface area contributed by atoms with Crippen LogP contribution in [0.25, 0.3) is 11.0 Å². The average Bonchev–Trinajstić information content (AvgIpc) is 3.00. The first-order valence-electron chi connectivity index (χ1n) is 7.54. The molecule has 0 fully saturated rings. The van der Waals surface area contributed by atoms with Crippen LogP contribution < -0.4 is 9.47 Å². The third-order valence-electron chi connectivity index (χ3n) is 3.32. The van der Waals surface area contributed by atoms with Crippen molar-refractivity contribution in [3.8, 4) is 11.5 Å². The second-order valence-electron chi connectivity index (χ2n) is 4.99. The van der Waals surface area contributed by atoms with Gasteiger partial charge in [-0.05, 0) is 18.6 Å². The zero-order valence-electron chi connectivity index (χ0n) is 13.2. The van der Waals surface area contributed by atoms with Gasteiger partial charge in [0.15, 0.2) is 16.7 Å². The van der Waals surface area contributed by atoms with Gasteiger partial charge in [-0.2, -0.15) is 0 Å². The maximum Gasteiger partial charge on any atom is 0.183 e. The number of aromatic nitrogens is 3. The number of ether oxygens (including phenoxy) is 2. The van der Waals surface area contributed by atoms with E-state index in [2.05, 4.69) is 21.9 Å². The molecule has 0 radical (unpaired) electrons. The van der Waals surface area contributed by atoms with Crippen molar-refractivity contribution in [1.29, 1.82) is 0 Å². The number of rotatable bonds is 7. The van der Waals surface area contributed by atoms with Crippen molar-refractivity contribution in [2.45, 2.75) is 24.3 Å². The predicted octanol–water partition coefficient (Wildman–Crippen LogP) is 4.05. The minimum atomic E-state index is 0.659. The molecule has 0 amide bonds. The largest absolute Gasteiger partial charge is 0.491 e. The zero-order chi connectivity index (χ0) is 16.1. The van der Waals surface area contributed by atoms with Crippen LogP contribution in [0.15, 0.2) is 41.7 Å². The van der Waals surface area contributed by atoms with Crippen molar-refractivity contribution in [3.05, 3.63) is 42.2 Å². The highest BCUT2D eigenvalue weighted by Gasteiger charge is 2.13. The molecule has 5 nitrogen and oxygen atoms in total. The van der Waals surface area contributed by atoms with Gasteiger partial charge in [-0.1, -0.05) is 30.8 Å². The van der Waals surface area contributed by atoms with Crippen LogP contribution in [0.5, 0.6) is 11.5 Å². The maximum atomic E-state index is 5.72. The highest BCUT2D eigenvalue weighted by molar-refractivity contribution is 7.98. The number of hydrogen-bond donors (Lipinski definition) is 1. The third-order valence-corrected chi connectivity index (χ3v) is 4.21. The predicted molar refractivity (Wildman–Crippen MR) is 92.2 cm³/mol. The number of pyridine rings is 1. The summed E-state index contributed by atoms with van der Waals surface area (Å²) in [7, 11) is 1.64. The van der Waals surface area contributed by atoms with Crippen LogP contribution in [0, 0.1) is 0 Å². The van der Waals surface area contributed by atoms with Crippen molar-refractivity contribution < 1.29 is 9.47 Å². The molecule has 3 rings (SSSR count). The lowest BCUT2D eigenvalue weighted by atomic mass is 10.3. The third kappa shape index (κ3) is 3.59. The van der Waals surface area contributed by atoms with Crippen LogP contribution in [0.4, 0.5) is 0 Å². The zero-order valence-corrected chi connectivity index (χ0v) is 14.0. The lowest BCUT2D eigenvalue weighted by Gasteiger charge is -2.12. The van der Waals surface area contributed by atoms with Gasteiger partial charge in [-0.3, -0.25) is 4.98 Å². The van der Waals surface area contributed by atoms with Gasteiger partial charge in [-0.15, -0.1) is 0 Å². The topological polar surface area (TPSA) is 60.0 Å². The fourth-order valence-electron chi connectivity index (χ4n) is 2.25. The number of nitrogens with zero attached hydrogens (tertiary/aromatic N) is 2. The van der Waals surface area contributed by atoms with Crippen LogP contribution >= 0.6 is 11.8 Å². The highest BCUT2D eigenvalue weighted by Crippen LogP contribution is 2.33. The van der Waals surface area contributed by atoms with Gasteiger partial charge in [0.25, 0.3) is 0 Å². The van der Waals surface area contributed by atoms with E-state index in [0.717, 1.165) is 34.1 Å². The molecule has 0 spiro atoms. The Morgan fingerprint density at radius 2 is 2.09 bits per heavy atom. The normalized spacial score (nSPS) is 10.9. The minimum Gasteiger partial charge on any atom is -0.491 e. The van der Waals surface area contributed by atoms with Gasteiger partial charge >= 0.3 is 0 Å². The quantitative estimate of drug-likeness (QED) is 0.663. The van der Waals surface area contributed by atoms with Crippen molar-refractivity contribution in [1.82, 2.24) is 15.0 Å². The first-order chi connectivity index (χ1) is 11.3. The van der Waals surface area contributed by atoms with E-state index >= 15 is 0 Å². The van der Waals surface area contributed by atoms with E-state index in [0.29, 0.717) is 18.1 Å². The number of thioether (sulfide) groups is 1. The molecular weight excluding hydrogens is 310 g/mol. The summed E-state index contributed by atoms with van der Waals surface area (Å²) in [6.07, 6.45) is 2.70. The molecule has 0 atom stereocenters. The molecule has 0 saturated carbocycles. The number of methoxy groups -OCH3 is 1. The summed E-state index contributed by atoms with van der Waals surface area (Å²) in [5.74, 6) is 2.10. The second-order valence-corrected chi connectivity index (χ2v) is 5.95. The van der Waals surface area contributed by atoms with Crippen LogP contribution in [0.2, 0.25) is 0 Å². The summed E-state index contributed by atoms with van der Waals surface area (Å²) in [4.78, 5) is 12.3. The highest BCUT2D eigenvalue weighted by atomic mass is 32.2. The van der Waals surface area contributed by atoms with Crippen molar-refractivity contribution >= 4 is 22.8 Å². The second kappa shape index (κ2) is 7.37. The first-order valence-corrected chi connectivity index (χ1v) is 8.52. The number of fused-ring (bicyclic) bond motifs is 1. The standard InChI is InChI=1S/C17H19N3O2S/c1-3-10-22-15-8-9-18-14(16(15)21-2)11-23-17-19-12-6-4-5-7-13(12)20-17/h4-9H,3,10-11H2,1-2H3,(H,19,20). The summed E-state index contributed by atoms with van der Waals surface area (Å²) in [6, 6.07) is 9.83. The number of aromatic amines is 1. The number of para-hydroxylation sites is 2. The summed E-state index contributed by atoms with van der Waals surface area (Å²) >= 11 is 1.60. The molecule has 6 heteroatoms. The molecule has 0 aliphatic carbocycles. The van der Waals surface area contributed by atoms with Crippen molar-refractivity contribution in [3.63, 3.8) is 0 Å². The minimum absolute atomic E-state index is 0.659. The van der Waals surface area contributed by atoms with E-state index in [1.165, 1.54) is 0 Å². The molecule has 2 heterocycles. The van der Waals surface area contributed by atoms with Crippen molar-refractivity contribution in [2.24, 2.45) is 0 Å². The Morgan fingerprint density at radius 1 is 1.22 bits per heavy atom. The number of imidazole rings is 1. The monoisotopic (exact) mass is 329 g/mol. The Bertz CT molecular complexity index is 755. The van der Waals surface area contributed by atoms with E-state index in [4.69, 9.17) is 9.47 Å². The molecule has 0 bridgehead atoms. The lowest BCUT2D eigenvalue weighted by molar-refractivity contribution is 0.292. The molecule has 3 aromatic rings. The molecular formula is C17H19N3O2S. The van der Waals surface area contributed by atoms with Gasteiger partial charge in [-0.25, -0.2) is 4.98 Å². The fourth-order valence-corrected chi connectivity index (χ4v) is 3.08. The molecule has 0 saturated heterocycles. The first kappa shape index (κ1) is 15.7. The molecule has 23 heavy (non-hydrogen) atoms. The van der Waals surface area contributed by atoms with E-state index in [-0.39, 0.29) is 0 Å². The van der Waals surface area contributed by atoms with Crippen molar-refractivity contribution in [2.75, 3.05) is 13.7 Å². The van der Waals surface area contributed by atoms with Crippen LogP contribution in [0.1, 0.15) is 19.0 Å². The number of nitrogens with one attached hydrogen (secondary N) is 1. The Morgan fingerprint density at radius 3 is 2.87 bits per heavy atom. The van der Waals surface area contributed by atoms with E-state index in [9.17, 15) is 0 Å². The van der Waals surface area contributed by atoms with E-state index in [1.54, 1.807) is 25.1 Å². The molecule has 120 valence electrons. The van der Waals surface area contributed by atoms with Gasteiger partial charge in [0.05, 0.1) is 30.4 Å². The smallest absolute Gasteiger partial charge is 0.183 e. The summed E-state index contributed by atoms with van der Waals surface area (Å²) in [5, 5.41) is 0.870. The lowest BCUT2D eigenvalue weighted by Crippen LogP contribution is -2.01. The molecule has 1 aromatic carbocycles. The SMILES string of the molecule is CCCOc1ccnc(CSc2nc3ccccc3[nH]2)c1OC. The molecule has 0 aliphatic heterocycles. The molecule has 0 unspecified atom stereocenters.